The highest BCUT2D eigenvalue weighted by Gasteiger charge is 2.27. The maximum atomic E-state index is 12.2. The first-order valence-corrected chi connectivity index (χ1v) is 9.55. The van der Waals surface area contributed by atoms with Crippen LogP contribution < -0.4 is 30.5 Å². The minimum Gasteiger partial charge on any atom is -0.485 e. The van der Waals surface area contributed by atoms with Crippen LogP contribution in [-0.2, 0) is 14.4 Å². The number of fused-ring (bicyclic) bond motifs is 1. The Bertz CT molecular complexity index is 916. The van der Waals surface area contributed by atoms with Gasteiger partial charge in [0.25, 0.3) is 17.7 Å². The summed E-state index contributed by atoms with van der Waals surface area (Å²) >= 11 is 0. The zero-order valence-corrected chi connectivity index (χ0v) is 16.9. The Labute approximate surface area is 174 Å². The molecule has 1 heterocycles. The molecule has 9 heteroatoms. The first kappa shape index (κ1) is 21.1. The zero-order valence-electron chi connectivity index (χ0n) is 16.9. The van der Waals surface area contributed by atoms with E-state index in [0.29, 0.717) is 22.1 Å². The number of hydrogen-bond acceptors (Lipinski definition) is 5. The maximum Gasteiger partial charge on any atom is 0.293 e. The van der Waals surface area contributed by atoms with Gasteiger partial charge < -0.3 is 19.7 Å². The predicted molar refractivity (Wildman–Crippen MR) is 109 cm³/mol. The molecule has 1 aliphatic heterocycles. The van der Waals surface area contributed by atoms with E-state index in [9.17, 15) is 14.4 Å². The molecule has 0 bridgehead atoms. The molecule has 0 aromatic heterocycles. The van der Waals surface area contributed by atoms with Crippen molar-refractivity contribution in [1.82, 2.24) is 10.9 Å². The number of hydrazine groups is 1. The molecule has 158 valence electrons. The Kier molecular flexibility index (Phi) is 6.87. The van der Waals surface area contributed by atoms with Crippen LogP contribution in [0.15, 0.2) is 48.5 Å². The lowest BCUT2D eigenvalue weighted by atomic mass is 10.2. The second kappa shape index (κ2) is 9.75. The quantitative estimate of drug-likeness (QED) is 0.475. The molecule has 0 saturated heterocycles. The Morgan fingerprint density at radius 1 is 0.967 bits per heavy atom. The van der Waals surface area contributed by atoms with Crippen LogP contribution in [0.5, 0.6) is 11.5 Å². The van der Waals surface area contributed by atoms with Crippen molar-refractivity contribution < 1.29 is 28.8 Å². The van der Waals surface area contributed by atoms with E-state index in [1.165, 1.54) is 0 Å². The number of carbonyl (C=O) groups excluding carboxylic acids is 3. The molecule has 1 unspecified atom stereocenters. The smallest absolute Gasteiger partial charge is 0.293 e. The first-order chi connectivity index (χ1) is 14.4. The fourth-order valence-electron chi connectivity index (χ4n) is 2.86. The lowest BCUT2D eigenvalue weighted by molar-refractivity contribution is -0.862. The first-order valence-electron chi connectivity index (χ1n) is 9.55. The average molecular weight is 413 g/mol. The third kappa shape index (κ3) is 5.95. The van der Waals surface area contributed by atoms with Crippen LogP contribution in [0.25, 0.3) is 0 Å². The number of amides is 3. The number of carbonyl (C=O) groups is 3. The summed E-state index contributed by atoms with van der Waals surface area (Å²) in [6.07, 6.45) is -0.870. The fraction of sp³-hybridized carbons (Fsp3) is 0.286. The zero-order chi connectivity index (χ0) is 21.5. The van der Waals surface area contributed by atoms with Gasteiger partial charge in [0.15, 0.2) is 24.6 Å². The largest absolute Gasteiger partial charge is 0.485 e. The van der Waals surface area contributed by atoms with Crippen LogP contribution in [0.1, 0.15) is 5.56 Å². The lowest BCUT2D eigenvalue weighted by Crippen LogP contribution is -3.11. The normalized spacial score (nSPS) is 15.6. The molecule has 1 aliphatic rings. The predicted octanol–water partition coefficient (Wildman–Crippen LogP) is -0.564. The number of anilines is 1. The number of nitrogens with one attached hydrogen (secondary N) is 4. The molecule has 2 aromatic carbocycles. The van der Waals surface area contributed by atoms with E-state index in [-0.39, 0.29) is 25.6 Å². The van der Waals surface area contributed by atoms with Gasteiger partial charge in [0.2, 0.25) is 6.10 Å². The van der Waals surface area contributed by atoms with Gasteiger partial charge in [0, 0.05) is 5.69 Å². The summed E-state index contributed by atoms with van der Waals surface area (Å²) in [5.74, 6) is -0.118. The molecule has 0 radical (unpaired) electrons. The monoisotopic (exact) mass is 413 g/mol. The Hall–Kier alpha value is -3.59. The molecule has 0 aliphatic carbocycles. The number of likely N-dealkylation sites (N-methyl/N-ethyl adjacent to an activating group) is 1. The van der Waals surface area contributed by atoms with Gasteiger partial charge in [-0.3, -0.25) is 25.2 Å². The summed E-state index contributed by atoms with van der Waals surface area (Å²) < 4.78 is 11.1. The minimum atomic E-state index is -0.870. The molecule has 3 amide bonds. The lowest BCUT2D eigenvalue weighted by Gasteiger charge is -2.25. The number of aryl methyl sites for hydroxylation is 1. The third-order valence-electron chi connectivity index (χ3n) is 4.39. The van der Waals surface area contributed by atoms with Gasteiger partial charge in [-0.15, -0.1) is 0 Å². The van der Waals surface area contributed by atoms with E-state index in [0.717, 1.165) is 5.56 Å². The number of para-hydroxylation sites is 2. The summed E-state index contributed by atoms with van der Waals surface area (Å²) in [6.45, 7) is 2.12. The van der Waals surface area contributed by atoms with Crippen LogP contribution in [0.4, 0.5) is 5.69 Å². The van der Waals surface area contributed by atoms with Gasteiger partial charge >= 0.3 is 0 Å². The molecule has 4 N–H and O–H groups in total. The van der Waals surface area contributed by atoms with E-state index >= 15 is 0 Å². The minimum absolute atomic E-state index is 0.00640. The van der Waals surface area contributed by atoms with E-state index in [1.54, 1.807) is 25.2 Å². The number of hydrogen-bond donors (Lipinski definition) is 4. The van der Waals surface area contributed by atoms with Crippen molar-refractivity contribution in [2.45, 2.75) is 13.0 Å². The van der Waals surface area contributed by atoms with Gasteiger partial charge in [0.1, 0.15) is 6.61 Å². The summed E-state index contributed by atoms with van der Waals surface area (Å²) in [7, 11) is 1.71. The number of benzene rings is 2. The van der Waals surface area contributed by atoms with E-state index in [2.05, 4.69) is 16.2 Å². The van der Waals surface area contributed by atoms with Crippen molar-refractivity contribution in [3.63, 3.8) is 0 Å². The second-order valence-corrected chi connectivity index (χ2v) is 7.13. The summed E-state index contributed by atoms with van der Waals surface area (Å²) in [6, 6.07) is 14.5. The number of ether oxygens (including phenoxy) is 2. The highest BCUT2D eigenvalue weighted by Crippen LogP contribution is 2.30. The van der Waals surface area contributed by atoms with Gasteiger partial charge in [-0.1, -0.05) is 29.8 Å². The maximum absolute atomic E-state index is 12.2. The number of quaternary nitrogens is 1. The molecule has 30 heavy (non-hydrogen) atoms. The van der Waals surface area contributed by atoms with Crippen LogP contribution in [0, 0.1) is 6.92 Å². The van der Waals surface area contributed by atoms with Gasteiger partial charge in [-0.2, -0.15) is 0 Å². The molecular weight excluding hydrogens is 388 g/mol. The summed E-state index contributed by atoms with van der Waals surface area (Å²) in [5.41, 5.74) is 6.47. The highest BCUT2D eigenvalue weighted by atomic mass is 16.6. The van der Waals surface area contributed by atoms with E-state index < -0.39 is 17.9 Å². The van der Waals surface area contributed by atoms with Crippen LogP contribution >= 0.6 is 0 Å². The molecule has 2 atom stereocenters. The molecule has 0 fully saturated rings. The third-order valence-corrected chi connectivity index (χ3v) is 4.39. The second-order valence-electron chi connectivity index (χ2n) is 7.13. The Morgan fingerprint density at radius 2 is 1.63 bits per heavy atom. The SMILES string of the molecule is Cc1ccc(NC(=O)C[NH+](C)CC(=O)NNC(=O)[C@H]2COc3ccccc3O2)cc1. The molecule has 0 spiro atoms. The van der Waals surface area contributed by atoms with E-state index in [1.807, 2.05) is 37.3 Å². The molecular formula is C21H25N4O5+. The Morgan fingerprint density at radius 3 is 2.37 bits per heavy atom. The standard InChI is InChI=1S/C21H24N4O5/c1-14-7-9-15(10-8-14)22-19(26)11-25(2)12-20(27)23-24-21(28)18-13-29-16-5-3-4-6-17(16)30-18/h3-10,18H,11-13H2,1-2H3,(H,22,26)(H,23,27)(H,24,28)/p+1/t18-/m1/s1. The van der Waals surface area contributed by atoms with Crippen LogP contribution in [-0.4, -0.2) is 50.6 Å². The van der Waals surface area contributed by atoms with E-state index in [4.69, 9.17) is 9.47 Å². The van der Waals surface area contributed by atoms with Crippen molar-refractivity contribution in [3.05, 3.63) is 54.1 Å². The topological polar surface area (TPSA) is 110 Å². The van der Waals surface area contributed by atoms with Crippen LogP contribution in [0.2, 0.25) is 0 Å². The van der Waals surface area contributed by atoms with Crippen molar-refractivity contribution in [2.75, 3.05) is 32.1 Å². The summed E-state index contributed by atoms with van der Waals surface area (Å²) in [4.78, 5) is 37.0. The van der Waals surface area contributed by atoms with Gasteiger partial charge in [0.05, 0.1) is 7.05 Å². The van der Waals surface area contributed by atoms with Crippen molar-refractivity contribution in [2.24, 2.45) is 0 Å². The Balaban J connectivity index is 1.38. The average Bonchev–Trinajstić information content (AvgIpc) is 2.73. The molecule has 0 saturated carbocycles. The van der Waals surface area contributed by atoms with Crippen molar-refractivity contribution >= 4 is 23.4 Å². The van der Waals surface area contributed by atoms with Gasteiger partial charge in [-0.05, 0) is 31.2 Å². The number of rotatable bonds is 6. The summed E-state index contributed by atoms with van der Waals surface area (Å²) in [5, 5.41) is 2.78. The van der Waals surface area contributed by atoms with Crippen molar-refractivity contribution in [1.29, 1.82) is 0 Å². The molecule has 3 rings (SSSR count). The molecule has 9 nitrogen and oxygen atoms in total. The molecule has 2 aromatic rings. The van der Waals surface area contributed by atoms with Crippen LogP contribution in [0.3, 0.4) is 0 Å². The highest BCUT2D eigenvalue weighted by molar-refractivity contribution is 5.91. The van der Waals surface area contributed by atoms with Gasteiger partial charge in [-0.25, -0.2) is 0 Å². The fourth-order valence-corrected chi connectivity index (χ4v) is 2.86. The van der Waals surface area contributed by atoms with Crippen molar-refractivity contribution in [3.8, 4) is 11.5 Å².